The van der Waals surface area contributed by atoms with Crippen LogP contribution in [-0.4, -0.2) is 41.3 Å². The van der Waals surface area contributed by atoms with Crippen LogP contribution in [0, 0.1) is 6.92 Å². The van der Waals surface area contributed by atoms with Crippen molar-refractivity contribution < 1.29 is 21.6 Å². The average Bonchev–Trinajstić information content (AvgIpc) is 3.56. The summed E-state index contributed by atoms with van der Waals surface area (Å²) in [7, 11) is -3.98. The van der Waals surface area contributed by atoms with Gasteiger partial charge >= 0.3 is 6.18 Å². The van der Waals surface area contributed by atoms with Crippen LogP contribution >= 0.6 is 0 Å². The molecule has 0 bridgehead atoms. The number of hydrogen-bond acceptors (Lipinski definition) is 4. The SMILES string of the molecule is Cc1ccc(-c2cc(C(F)(F)F)nn2-c2ccc(S(=O)(=O)N3CC(N=C(c4ccccc4)c4ccccc4)(c4ccccc4)C3)cc2)cc1. The molecule has 0 aliphatic carbocycles. The molecule has 2 heterocycles. The molecule has 1 fully saturated rings. The topological polar surface area (TPSA) is 67.6 Å². The summed E-state index contributed by atoms with van der Waals surface area (Å²) < 4.78 is 71.7. The first-order chi connectivity index (χ1) is 23.5. The molecule has 10 heteroatoms. The van der Waals surface area contributed by atoms with E-state index in [2.05, 4.69) is 5.10 Å². The maximum Gasteiger partial charge on any atom is 0.435 e. The Balaban J connectivity index is 1.22. The zero-order valence-corrected chi connectivity index (χ0v) is 27.2. The van der Waals surface area contributed by atoms with Gasteiger partial charge in [0.05, 0.1) is 22.0 Å². The molecule has 6 aromatic rings. The van der Waals surface area contributed by atoms with Crippen molar-refractivity contribution >= 4 is 15.7 Å². The summed E-state index contributed by atoms with van der Waals surface area (Å²) >= 11 is 0. The van der Waals surface area contributed by atoms with Crippen molar-refractivity contribution in [2.75, 3.05) is 13.1 Å². The number of rotatable bonds is 8. The van der Waals surface area contributed by atoms with Crippen molar-refractivity contribution in [1.82, 2.24) is 14.1 Å². The highest BCUT2D eigenvalue weighted by Crippen LogP contribution is 2.41. The van der Waals surface area contributed by atoms with Gasteiger partial charge in [-0.3, -0.25) is 4.99 Å². The van der Waals surface area contributed by atoms with Crippen LogP contribution in [0.4, 0.5) is 13.2 Å². The van der Waals surface area contributed by atoms with Gasteiger partial charge in [0.15, 0.2) is 5.69 Å². The molecule has 0 atom stereocenters. The quantitative estimate of drug-likeness (QED) is 0.152. The van der Waals surface area contributed by atoms with E-state index in [1.165, 1.54) is 33.3 Å². The van der Waals surface area contributed by atoms with Crippen molar-refractivity contribution in [3.63, 3.8) is 0 Å². The highest BCUT2D eigenvalue weighted by molar-refractivity contribution is 7.89. The van der Waals surface area contributed by atoms with Crippen LogP contribution in [0.2, 0.25) is 0 Å². The summed E-state index contributed by atoms with van der Waals surface area (Å²) in [5.41, 5.74) is 3.65. The molecule has 1 aliphatic rings. The Kier molecular flexibility index (Phi) is 8.30. The maximum absolute atomic E-state index is 14.0. The standard InChI is InChI=1S/C39H31F3N4O2S/c1-28-17-19-29(20-18-28)35-25-36(39(40,41)42)44-46(35)33-21-23-34(24-22-33)49(47,48)45-26-38(27-45,32-15-9-4-10-16-32)43-37(30-11-5-2-6-12-30)31-13-7-3-8-14-31/h2-25H,26-27H2,1H3. The highest BCUT2D eigenvalue weighted by atomic mass is 32.2. The zero-order chi connectivity index (χ0) is 34.2. The Labute approximate surface area is 282 Å². The van der Waals surface area contributed by atoms with E-state index in [0.717, 1.165) is 34.0 Å². The smallest absolute Gasteiger partial charge is 0.270 e. The predicted molar refractivity (Wildman–Crippen MR) is 184 cm³/mol. The molecule has 0 radical (unpaired) electrons. The largest absolute Gasteiger partial charge is 0.435 e. The van der Waals surface area contributed by atoms with Crippen LogP contribution in [-0.2, 0) is 21.7 Å². The van der Waals surface area contributed by atoms with Gasteiger partial charge in [0, 0.05) is 29.8 Å². The number of aliphatic imine (C=N–C) groups is 1. The molecule has 1 saturated heterocycles. The first-order valence-corrected chi connectivity index (χ1v) is 17.1. The molecule has 0 spiro atoms. The number of aryl methyl sites for hydroxylation is 1. The number of benzene rings is 5. The maximum atomic E-state index is 14.0. The first-order valence-electron chi connectivity index (χ1n) is 15.6. The van der Waals surface area contributed by atoms with Crippen molar-refractivity contribution in [3.05, 3.63) is 174 Å². The third kappa shape index (κ3) is 6.32. The molecular formula is C39H31F3N4O2S. The van der Waals surface area contributed by atoms with Crippen LogP contribution < -0.4 is 0 Å². The molecule has 0 amide bonds. The lowest BCUT2D eigenvalue weighted by atomic mass is 9.84. The van der Waals surface area contributed by atoms with E-state index >= 15 is 0 Å². The van der Waals surface area contributed by atoms with E-state index in [4.69, 9.17) is 4.99 Å². The van der Waals surface area contributed by atoms with E-state index in [1.807, 2.05) is 110 Å². The molecule has 246 valence electrons. The van der Waals surface area contributed by atoms with Gasteiger partial charge in [0.2, 0.25) is 10.0 Å². The Morgan fingerprint density at radius 3 is 1.80 bits per heavy atom. The number of halogens is 3. The molecule has 49 heavy (non-hydrogen) atoms. The van der Waals surface area contributed by atoms with Gasteiger partial charge in [-0.2, -0.15) is 22.6 Å². The Hall–Kier alpha value is -5.32. The summed E-state index contributed by atoms with van der Waals surface area (Å²) in [6.45, 7) is 2.10. The fraction of sp³-hybridized carbons (Fsp3) is 0.128. The molecule has 7 rings (SSSR count). The number of hydrogen-bond donors (Lipinski definition) is 0. The van der Waals surface area contributed by atoms with Crippen molar-refractivity contribution in [2.45, 2.75) is 23.5 Å². The van der Waals surface area contributed by atoms with Gasteiger partial charge in [-0.25, -0.2) is 13.1 Å². The second-order valence-corrected chi connectivity index (χ2v) is 14.0. The molecule has 0 unspecified atom stereocenters. The fourth-order valence-corrected chi connectivity index (χ4v) is 7.58. The summed E-state index contributed by atoms with van der Waals surface area (Å²) in [6, 6.07) is 43.1. The summed E-state index contributed by atoms with van der Waals surface area (Å²) in [5.74, 6) is 0. The third-order valence-corrected chi connectivity index (χ3v) is 10.5. The second kappa shape index (κ2) is 12.6. The second-order valence-electron chi connectivity index (χ2n) is 12.0. The van der Waals surface area contributed by atoms with Gasteiger partial charge < -0.3 is 0 Å². The average molecular weight is 677 g/mol. The van der Waals surface area contributed by atoms with E-state index in [-0.39, 0.29) is 23.7 Å². The molecule has 0 saturated carbocycles. The molecule has 6 nitrogen and oxygen atoms in total. The van der Waals surface area contributed by atoms with Gasteiger partial charge in [0.25, 0.3) is 0 Å². The van der Waals surface area contributed by atoms with Gasteiger partial charge in [-0.05, 0) is 42.8 Å². The van der Waals surface area contributed by atoms with Crippen LogP contribution in [0.5, 0.6) is 0 Å². The minimum Gasteiger partial charge on any atom is -0.270 e. The van der Waals surface area contributed by atoms with Crippen molar-refractivity contribution in [2.24, 2.45) is 4.99 Å². The first kappa shape index (κ1) is 32.2. The highest BCUT2D eigenvalue weighted by Gasteiger charge is 2.50. The van der Waals surface area contributed by atoms with Crippen LogP contribution in [0.15, 0.2) is 155 Å². The summed E-state index contributed by atoms with van der Waals surface area (Å²) in [4.78, 5) is 5.33. The van der Waals surface area contributed by atoms with E-state index in [0.29, 0.717) is 11.3 Å². The van der Waals surface area contributed by atoms with Crippen LogP contribution in [0.25, 0.3) is 16.9 Å². The van der Waals surface area contributed by atoms with E-state index in [1.54, 1.807) is 12.1 Å². The molecule has 1 aromatic heterocycles. The molecule has 5 aromatic carbocycles. The lowest BCUT2D eigenvalue weighted by Crippen LogP contribution is -2.60. The number of nitrogens with zero attached hydrogens (tertiary/aromatic N) is 4. The number of aromatic nitrogens is 2. The summed E-state index contributed by atoms with van der Waals surface area (Å²) in [6.07, 6.45) is -4.65. The normalized spacial score (nSPS) is 14.6. The Bertz CT molecular complexity index is 2170. The van der Waals surface area contributed by atoms with Gasteiger partial charge in [-0.1, -0.05) is 121 Å². The minimum absolute atomic E-state index is 0.0216. The molecular weight excluding hydrogens is 646 g/mol. The predicted octanol–water partition coefficient (Wildman–Crippen LogP) is 8.30. The van der Waals surface area contributed by atoms with Crippen LogP contribution in [0.3, 0.4) is 0 Å². The lowest BCUT2D eigenvalue weighted by molar-refractivity contribution is -0.141. The lowest BCUT2D eigenvalue weighted by Gasteiger charge is -2.47. The minimum atomic E-state index is -4.65. The Morgan fingerprint density at radius 1 is 0.735 bits per heavy atom. The third-order valence-electron chi connectivity index (χ3n) is 8.67. The zero-order valence-electron chi connectivity index (χ0n) is 26.4. The fourth-order valence-electron chi connectivity index (χ4n) is 6.03. The number of alkyl halides is 3. The molecule has 1 aliphatic heterocycles. The number of sulfonamides is 1. The van der Waals surface area contributed by atoms with E-state index < -0.39 is 27.4 Å². The van der Waals surface area contributed by atoms with Crippen molar-refractivity contribution in [1.29, 1.82) is 0 Å². The monoisotopic (exact) mass is 676 g/mol. The Morgan fingerprint density at radius 2 is 1.27 bits per heavy atom. The van der Waals surface area contributed by atoms with Gasteiger partial charge in [-0.15, -0.1) is 0 Å². The van der Waals surface area contributed by atoms with Crippen LogP contribution in [0.1, 0.15) is 27.9 Å². The molecule has 0 N–H and O–H groups in total. The summed E-state index contributed by atoms with van der Waals surface area (Å²) in [5, 5.41) is 3.85. The van der Waals surface area contributed by atoms with Crippen molar-refractivity contribution in [3.8, 4) is 16.9 Å². The van der Waals surface area contributed by atoms with E-state index in [9.17, 15) is 21.6 Å². The van der Waals surface area contributed by atoms with Gasteiger partial charge in [0.1, 0.15) is 5.54 Å².